The van der Waals surface area contributed by atoms with Crippen LogP contribution in [0.1, 0.15) is 25.8 Å². The number of hydrogen-bond donors (Lipinski definition) is 1. The van der Waals surface area contributed by atoms with Crippen LogP contribution in [0, 0.1) is 16.0 Å². The van der Waals surface area contributed by atoms with Crippen LogP contribution in [0.15, 0.2) is 46.5 Å². The SMILES string of the molecule is CC(=O)NC=CSC1=C(C(=O)OCc2ccc([N+](=O)[O-])cc2)N2C(=O)[C@@H]([C@H](C)OS(C)(=O)=O)[C@H]2C1. The molecule has 3 rings (SSSR count). The quantitative estimate of drug-likeness (QED) is 0.157. The molecule has 12 nitrogen and oxygen atoms in total. The van der Waals surface area contributed by atoms with Gasteiger partial charge in [-0.3, -0.25) is 23.9 Å². The fraction of sp³-hybridized carbons (Fsp3) is 0.381. The summed E-state index contributed by atoms with van der Waals surface area (Å²) in [5.41, 5.74) is 0.442. The van der Waals surface area contributed by atoms with Gasteiger partial charge in [0.1, 0.15) is 12.3 Å². The van der Waals surface area contributed by atoms with E-state index in [0.717, 1.165) is 18.0 Å². The molecule has 1 saturated heterocycles. The second-order valence-corrected chi connectivity index (χ2v) is 10.5. The van der Waals surface area contributed by atoms with Gasteiger partial charge in [-0.15, -0.1) is 0 Å². The Bertz CT molecular complexity index is 1210. The van der Waals surface area contributed by atoms with Crippen molar-refractivity contribution in [3.8, 4) is 0 Å². The van der Waals surface area contributed by atoms with Crippen molar-refractivity contribution in [2.45, 2.75) is 39.0 Å². The van der Waals surface area contributed by atoms with Crippen LogP contribution in [0.5, 0.6) is 0 Å². The Morgan fingerprint density at radius 3 is 2.57 bits per heavy atom. The fourth-order valence-electron chi connectivity index (χ4n) is 3.85. The van der Waals surface area contributed by atoms with E-state index in [2.05, 4.69) is 5.32 Å². The highest BCUT2D eigenvalue weighted by molar-refractivity contribution is 8.05. The normalized spacial score (nSPS) is 20.4. The van der Waals surface area contributed by atoms with E-state index in [1.54, 1.807) is 5.41 Å². The maximum absolute atomic E-state index is 13.0. The number of β-lactam (4-membered cyclic amide) rings is 1. The van der Waals surface area contributed by atoms with Crippen LogP contribution in [-0.4, -0.2) is 54.4 Å². The molecule has 35 heavy (non-hydrogen) atoms. The number of nitro benzene ring substituents is 1. The van der Waals surface area contributed by atoms with E-state index < -0.39 is 45.0 Å². The zero-order chi connectivity index (χ0) is 25.9. The Morgan fingerprint density at radius 1 is 1.34 bits per heavy atom. The first-order valence-corrected chi connectivity index (χ1v) is 13.0. The van der Waals surface area contributed by atoms with Crippen LogP contribution in [0.2, 0.25) is 0 Å². The summed E-state index contributed by atoms with van der Waals surface area (Å²) in [5, 5.41) is 14.8. The number of carbonyl (C=O) groups is 3. The van der Waals surface area contributed by atoms with Crippen LogP contribution >= 0.6 is 11.8 Å². The van der Waals surface area contributed by atoms with Crippen LogP contribution in [0.25, 0.3) is 0 Å². The third-order valence-corrected chi connectivity index (χ3v) is 6.85. The number of hydrogen-bond acceptors (Lipinski definition) is 10. The number of carbonyl (C=O) groups excluding carboxylic acids is 3. The maximum Gasteiger partial charge on any atom is 0.356 e. The highest BCUT2D eigenvalue weighted by Crippen LogP contribution is 2.48. The summed E-state index contributed by atoms with van der Waals surface area (Å²) in [6.07, 6.45) is 1.64. The topological polar surface area (TPSA) is 162 Å². The predicted molar refractivity (Wildman–Crippen MR) is 125 cm³/mol. The number of non-ortho nitro benzene ring substituents is 1. The van der Waals surface area contributed by atoms with Gasteiger partial charge in [0.2, 0.25) is 11.8 Å². The molecule has 1 aromatic carbocycles. The first-order chi connectivity index (χ1) is 16.4. The van der Waals surface area contributed by atoms with E-state index >= 15 is 0 Å². The number of benzene rings is 1. The molecular formula is C21H23N3O9S2. The third-order valence-electron chi connectivity index (χ3n) is 5.28. The second-order valence-electron chi connectivity index (χ2n) is 7.90. The van der Waals surface area contributed by atoms with Crippen molar-refractivity contribution in [1.29, 1.82) is 0 Å². The van der Waals surface area contributed by atoms with Crippen molar-refractivity contribution >= 4 is 45.4 Å². The number of ether oxygens (including phenoxy) is 1. The Balaban J connectivity index is 1.77. The van der Waals surface area contributed by atoms with Gasteiger partial charge in [0.25, 0.3) is 15.8 Å². The molecular weight excluding hydrogens is 502 g/mol. The minimum absolute atomic E-state index is 0.0298. The van der Waals surface area contributed by atoms with Crippen molar-refractivity contribution in [2.75, 3.05) is 6.26 Å². The lowest BCUT2D eigenvalue weighted by Crippen LogP contribution is -2.62. The van der Waals surface area contributed by atoms with Gasteiger partial charge < -0.3 is 15.0 Å². The molecule has 1 N–H and O–H groups in total. The van der Waals surface area contributed by atoms with Gasteiger partial charge in [0.05, 0.1) is 29.2 Å². The number of thioether (sulfide) groups is 1. The molecule has 2 aliphatic rings. The van der Waals surface area contributed by atoms with Crippen molar-refractivity contribution in [1.82, 2.24) is 10.2 Å². The Labute approximate surface area is 205 Å². The Morgan fingerprint density at radius 2 is 2.00 bits per heavy atom. The van der Waals surface area contributed by atoms with Gasteiger partial charge in [-0.25, -0.2) is 4.79 Å². The number of nitro groups is 1. The largest absolute Gasteiger partial charge is 0.456 e. The first kappa shape index (κ1) is 26.4. The van der Waals surface area contributed by atoms with E-state index in [-0.39, 0.29) is 30.3 Å². The van der Waals surface area contributed by atoms with Gasteiger partial charge in [-0.2, -0.15) is 8.42 Å². The minimum atomic E-state index is -3.79. The molecule has 14 heteroatoms. The molecule has 2 amide bonds. The van der Waals surface area contributed by atoms with Crippen LogP contribution in [0.4, 0.5) is 5.69 Å². The van der Waals surface area contributed by atoms with Crippen molar-refractivity contribution in [2.24, 2.45) is 5.92 Å². The summed E-state index contributed by atoms with van der Waals surface area (Å²) in [6.45, 7) is 2.64. The van der Waals surface area contributed by atoms with Crippen molar-refractivity contribution in [3.63, 3.8) is 0 Å². The number of nitrogens with zero attached hydrogens (tertiary/aromatic N) is 2. The van der Waals surface area contributed by atoms with Gasteiger partial charge in [0.15, 0.2) is 0 Å². The molecule has 0 spiro atoms. The average molecular weight is 526 g/mol. The van der Waals surface area contributed by atoms with Crippen LogP contribution < -0.4 is 5.32 Å². The Hall–Kier alpha value is -3.23. The maximum atomic E-state index is 13.0. The number of amides is 2. The standard InChI is InChI=1S/C21H23N3O9S2/c1-12(33-35(3,30)31)18-16-10-17(34-9-8-22-13(2)25)19(23(16)20(18)26)21(27)32-11-14-4-6-15(7-5-14)24(28)29/h4-9,12,16,18H,10-11H2,1-3H3,(H,22,25)/t12-,16+,18-/m0/s1. The number of nitrogens with one attached hydrogen (secondary N) is 1. The molecule has 0 saturated carbocycles. The zero-order valence-electron chi connectivity index (χ0n) is 19.0. The van der Waals surface area contributed by atoms with Crippen molar-refractivity contribution in [3.05, 3.63) is 62.2 Å². The van der Waals surface area contributed by atoms with Gasteiger partial charge >= 0.3 is 5.97 Å². The summed E-state index contributed by atoms with van der Waals surface area (Å²) in [7, 11) is -3.79. The average Bonchev–Trinajstić information content (AvgIpc) is 3.08. The fourth-order valence-corrected chi connectivity index (χ4v) is 5.38. The lowest BCUT2D eigenvalue weighted by atomic mass is 9.83. The van der Waals surface area contributed by atoms with E-state index in [1.807, 2.05) is 0 Å². The molecule has 1 fully saturated rings. The first-order valence-electron chi connectivity index (χ1n) is 10.3. The second kappa shape index (κ2) is 10.6. The van der Waals surface area contributed by atoms with E-state index in [1.165, 1.54) is 49.2 Å². The third kappa shape index (κ3) is 6.26. The molecule has 188 valence electrons. The van der Waals surface area contributed by atoms with E-state index in [9.17, 15) is 32.9 Å². The zero-order valence-corrected chi connectivity index (χ0v) is 20.6. The van der Waals surface area contributed by atoms with E-state index in [0.29, 0.717) is 10.5 Å². The summed E-state index contributed by atoms with van der Waals surface area (Å²) < 4.78 is 33.4. The van der Waals surface area contributed by atoms with Crippen LogP contribution in [0.3, 0.4) is 0 Å². The molecule has 2 heterocycles. The summed E-state index contributed by atoms with van der Waals surface area (Å²) in [6, 6.07) is 5.00. The van der Waals surface area contributed by atoms with Crippen LogP contribution in [-0.2, 0) is 40.0 Å². The summed E-state index contributed by atoms with van der Waals surface area (Å²) >= 11 is 1.12. The molecule has 0 unspecified atom stereocenters. The highest BCUT2D eigenvalue weighted by atomic mass is 32.2. The number of esters is 1. The number of fused-ring (bicyclic) bond motifs is 1. The van der Waals surface area contributed by atoms with Gasteiger partial charge in [0, 0.05) is 36.6 Å². The predicted octanol–water partition coefficient (Wildman–Crippen LogP) is 1.79. The highest BCUT2D eigenvalue weighted by Gasteiger charge is 2.58. The summed E-state index contributed by atoms with van der Waals surface area (Å²) in [5.74, 6) is -2.28. The molecule has 0 aromatic heterocycles. The van der Waals surface area contributed by atoms with Crippen molar-refractivity contribution < 1.29 is 36.6 Å². The lowest BCUT2D eigenvalue weighted by Gasteiger charge is -2.45. The number of rotatable bonds is 10. The molecule has 0 aliphatic carbocycles. The molecule has 0 bridgehead atoms. The molecule has 2 aliphatic heterocycles. The molecule has 3 atom stereocenters. The monoisotopic (exact) mass is 525 g/mol. The smallest absolute Gasteiger partial charge is 0.356 e. The minimum Gasteiger partial charge on any atom is -0.456 e. The van der Waals surface area contributed by atoms with Gasteiger partial charge in [-0.1, -0.05) is 11.8 Å². The lowest BCUT2D eigenvalue weighted by molar-refractivity contribution is -0.384. The molecule has 0 radical (unpaired) electrons. The Kier molecular flexibility index (Phi) is 7.97. The van der Waals surface area contributed by atoms with E-state index in [4.69, 9.17) is 8.92 Å². The molecule has 1 aromatic rings. The van der Waals surface area contributed by atoms with Gasteiger partial charge in [-0.05, 0) is 30.0 Å². The summed E-state index contributed by atoms with van der Waals surface area (Å²) in [4.78, 5) is 49.0.